The highest BCUT2D eigenvalue weighted by Crippen LogP contribution is 2.38. The molecule has 0 spiro atoms. The second kappa shape index (κ2) is 10.6. The normalized spacial score (nSPS) is 18.4. The first-order chi connectivity index (χ1) is 16.3. The highest BCUT2D eigenvalue weighted by atomic mass is 32.2. The van der Waals surface area contributed by atoms with E-state index in [2.05, 4.69) is 5.32 Å². The molecule has 1 amide bonds. The Labute approximate surface area is 204 Å². The Balaban J connectivity index is 1.51. The van der Waals surface area contributed by atoms with Gasteiger partial charge in [-0.1, -0.05) is 6.42 Å². The summed E-state index contributed by atoms with van der Waals surface area (Å²) in [5, 5.41) is 3.33. The molecule has 2 heterocycles. The quantitative estimate of drug-likeness (QED) is 0.452. The van der Waals surface area contributed by atoms with Crippen molar-refractivity contribution in [2.24, 2.45) is 0 Å². The van der Waals surface area contributed by atoms with Crippen molar-refractivity contribution in [2.45, 2.75) is 55.9 Å². The molecule has 34 heavy (non-hydrogen) atoms. The number of anilines is 1. The molecule has 1 N–H and O–H groups in total. The van der Waals surface area contributed by atoms with Crippen molar-refractivity contribution < 1.29 is 27.5 Å². The number of methoxy groups -OCH3 is 1. The number of hydrogen-bond donors (Lipinski definition) is 1. The minimum absolute atomic E-state index is 0.0882. The van der Waals surface area contributed by atoms with Gasteiger partial charge in [-0.25, -0.2) is 13.2 Å². The summed E-state index contributed by atoms with van der Waals surface area (Å²) in [5.41, 5.74) is 1.72. The average Bonchev–Trinajstić information content (AvgIpc) is 3.40. The van der Waals surface area contributed by atoms with Crippen LogP contribution in [0.15, 0.2) is 29.2 Å². The maximum absolute atomic E-state index is 13.0. The van der Waals surface area contributed by atoms with E-state index >= 15 is 0 Å². The van der Waals surface area contributed by atoms with Crippen LogP contribution in [0, 0.1) is 0 Å². The highest BCUT2D eigenvalue weighted by molar-refractivity contribution is 7.89. The topological polar surface area (TPSA) is 102 Å². The summed E-state index contributed by atoms with van der Waals surface area (Å²) in [4.78, 5) is 26.7. The molecule has 184 valence electrons. The van der Waals surface area contributed by atoms with Crippen molar-refractivity contribution in [1.82, 2.24) is 4.31 Å². The molecule has 1 fully saturated rings. The van der Waals surface area contributed by atoms with E-state index in [4.69, 9.17) is 9.47 Å². The number of nitrogens with one attached hydrogen (secondary N) is 1. The van der Waals surface area contributed by atoms with Crippen LogP contribution < -0.4 is 5.32 Å². The van der Waals surface area contributed by atoms with Gasteiger partial charge in [0, 0.05) is 30.6 Å². The van der Waals surface area contributed by atoms with E-state index in [9.17, 15) is 18.0 Å². The van der Waals surface area contributed by atoms with Gasteiger partial charge in [0.2, 0.25) is 10.0 Å². The van der Waals surface area contributed by atoms with Crippen LogP contribution in [0.25, 0.3) is 0 Å². The molecule has 1 aromatic heterocycles. The second-order valence-electron chi connectivity index (χ2n) is 8.66. The van der Waals surface area contributed by atoms with Crippen molar-refractivity contribution in [1.29, 1.82) is 0 Å². The Morgan fingerprint density at radius 2 is 1.88 bits per heavy atom. The van der Waals surface area contributed by atoms with Crippen LogP contribution in [0.1, 0.15) is 63.3 Å². The average molecular weight is 507 g/mol. The summed E-state index contributed by atoms with van der Waals surface area (Å²) in [6.45, 7) is 0.956. The van der Waals surface area contributed by atoms with Gasteiger partial charge < -0.3 is 14.8 Å². The molecule has 1 atom stereocenters. The fraction of sp³-hybridized carbons (Fsp3) is 0.500. The molecule has 2 aliphatic rings. The molecule has 1 aliphatic carbocycles. The van der Waals surface area contributed by atoms with Gasteiger partial charge >= 0.3 is 5.97 Å². The smallest absolute Gasteiger partial charge is 0.341 e. The Morgan fingerprint density at radius 1 is 1.15 bits per heavy atom. The molecule has 8 nitrogen and oxygen atoms in total. The summed E-state index contributed by atoms with van der Waals surface area (Å²) in [6, 6.07) is 5.83. The number of rotatable bonds is 7. The SMILES string of the molecule is COC(=O)c1c(NC(=O)c2ccc(S(=O)(=O)N(C)CC3CCCO3)cc2)sc2c1CCCCC2. The Morgan fingerprint density at radius 3 is 2.56 bits per heavy atom. The molecule has 1 aromatic carbocycles. The number of esters is 1. The van der Waals surface area contributed by atoms with Gasteiger partial charge in [-0.05, 0) is 68.4 Å². The number of hydrogen-bond acceptors (Lipinski definition) is 7. The number of thiophene rings is 1. The van der Waals surface area contributed by atoms with Crippen LogP contribution in [0.5, 0.6) is 0 Å². The highest BCUT2D eigenvalue weighted by Gasteiger charge is 2.28. The van der Waals surface area contributed by atoms with E-state index in [1.807, 2.05) is 0 Å². The Kier molecular flexibility index (Phi) is 7.71. The molecule has 10 heteroatoms. The molecule has 1 unspecified atom stereocenters. The third-order valence-electron chi connectivity index (χ3n) is 6.35. The van der Waals surface area contributed by atoms with Gasteiger partial charge in [-0.2, -0.15) is 4.31 Å². The van der Waals surface area contributed by atoms with E-state index in [-0.39, 0.29) is 11.0 Å². The molecule has 0 saturated carbocycles. The fourth-order valence-electron chi connectivity index (χ4n) is 4.46. The molecule has 1 aliphatic heterocycles. The van der Waals surface area contributed by atoms with Gasteiger partial charge in [0.1, 0.15) is 5.00 Å². The van der Waals surface area contributed by atoms with Crippen molar-refractivity contribution in [3.63, 3.8) is 0 Å². The number of nitrogens with zero attached hydrogens (tertiary/aromatic N) is 1. The lowest BCUT2D eigenvalue weighted by molar-refractivity contribution is 0.0601. The lowest BCUT2D eigenvalue weighted by Crippen LogP contribution is -2.34. The van der Waals surface area contributed by atoms with Gasteiger partial charge in [0.15, 0.2) is 0 Å². The molecule has 0 bridgehead atoms. The summed E-state index contributed by atoms with van der Waals surface area (Å²) >= 11 is 1.42. The molecule has 0 radical (unpaired) electrons. The Bertz CT molecular complexity index is 1150. The predicted octanol–water partition coefficient (Wildman–Crippen LogP) is 3.86. The molecular weight excluding hydrogens is 476 g/mol. The minimum atomic E-state index is -3.69. The number of aryl methyl sites for hydroxylation is 1. The molecule has 4 rings (SSSR count). The minimum Gasteiger partial charge on any atom is -0.465 e. The number of benzene rings is 1. The zero-order chi connectivity index (χ0) is 24.3. The second-order valence-corrected chi connectivity index (χ2v) is 11.8. The fourth-order valence-corrected chi connectivity index (χ4v) is 6.93. The van der Waals surface area contributed by atoms with Crippen LogP contribution >= 0.6 is 11.3 Å². The molecular formula is C24H30N2O6S2. The van der Waals surface area contributed by atoms with Crippen LogP contribution in [-0.4, -0.2) is 58.0 Å². The van der Waals surface area contributed by atoms with Crippen molar-refractivity contribution in [3.05, 3.63) is 45.8 Å². The van der Waals surface area contributed by atoms with E-state index in [1.165, 1.54) is 54.1 Å². The lowest BCUT2D eigenvalue weighted by atomic mass is 10.1. The van der Waals surface area contributed by atoms with E-state index in [1.54, 1.807) is 0 Å². The van der Waals surface area contributed by atoms with Gasteiger partial charge in [-0.15, -0.1) is 11.3 Å². The Hall–Kier alpha value is -2.27. The van der Waals surface area contributed by atoms with Crippen LogP contribution in [0.4, 0.5) is 5.00 Å². The summed E-state index contributed by atoms with van der Waals surface area (Å²) in [5.74, 6) is -0.858. The largest absolute Gasteiger partial charge is 0.465 e. The van der Waals surface area contributed by atoms with Crippen molar-refractivity contribution >= 4 is 38.2 Å². The number of sulfonamides is 1. The van der Waals surface area contributed by atoms with E-state index in [0.717, 1.165) is 55.4 Å². The zero-order valence-corrected chi connectivity index (χ0v) is 21.1. The summed E-state index contributed by atoms with van der Waals surface area (Å²) in [6.07, 6.45) is 6.53. The standard InChI is InChI=1S/C24H30N2O6S2/c1-26(15-17-7-6-14-32-17)34(29,30)18-12-10-16(11-13-18)22(27)25-23-21(24(28)31-2)19-8-4-3-5-9-20(19)33-23/h10-13,17H,3-9,14-15H2,1-2H3,(H,25,27). The third-order valence-corrected chi connectivity index (χ3v) is 9.39. The van der Waals surface area contributed by atoms with Crippen LogP contribution in [0.2, 0.25) is 0 Å². The summed E-state index contributed by atoms with van der Waals surface area (Å²) in [7, 11) is -0.821. The molecule has 2 aromatic rings. The maximum atomic E-state index is 13.0. The van der Waals surface area contributed by atoms with Crippen molar-refractivity contribution in [2.75, 3.05) is 32.6 Å². The van der Waals surface area contributed by atoms with Gasteiger partial charge in [0.05, 0.1) is 23.7 Å². The van der Waals surface area contributed by atoms with Crippen molar-refractivity contribution in [3.8, 4) is 0 Å². The zero-order valence-electron chi connectivity index (χ0n) is 19.5. The number of ether oxygens (including phenoxy) is 2. The lowest BCUT2D eigenvalue weighted by Gasteiger charge is -2.20. The number of carbonyl (C=O) groups excluding carboxylic acids is 2. The summed E-state index contributed by atoms with van der Waals surface area (Å²) < 4.78 is 37.6. The van der Waals surface area contributed by atoms with Gasteiger partial charge in [-0.3, -0.25) is 4.79 Å². The van der Waals surface area contributed by atoms with E-state index < -0.39 is 21.9 Å². The number of fused-ring (bicyclic) bond motifs is 1. The predicted molar refractivity (Wildman–Crippen MR) is 130 cm³/mol. The van der Waals surface area contributed by atoms with Crippen LogP contribution in [-0.2, 0) is 32.3 Å². The number of amides is 1. The number of likely N-dealkylation sites (N-methyl/N-ethyl adjacent to an activating group) is 1. The van der Waals surface area contributed by atoms with E-state index in [0.29, 0.717) is 29.3 Å². The number of carbonyl (C=O) groups is 2. The monoisotopic (exact) mass is 506 g/mol. The van der Waals surface area contributed by atoms with Gasteiger partial charge in [0.25, 0.3) is 5.91 Å². The first-order valence-electron chi connectivity index (χ1n) is 11.5. The first-order valence-corrected chi connectivity index (χ1v) is 13.8. The molecule has 1 saturated heterocycles. The first kappa shape index (κ1) is 24.8. The third kappa shape index (κ3) is 5.19. The van der Waals surface area contributed by atoms with Crippen LogP contribution in [0.3, 0.4) is 0 Å². The maximum Gasteiger partial charge on any atom is 0.341 e.